The van der Waals surface area contributed by atoms with Gasteiger partial charge in [-0.25, -0.2) is 4.68 Å². The average Bonchev–Trinajstić information content (AvgIpc) is 3.30. The molecule has 0 spiro atoms. The lowest BCUT2D eigenvalue weighted by molar-refractivity contribution is -0.133. The van der Waals surface area contributed by atoms with E-state index in [2.05, 4.69) is 19.8 Å². The van der Waals surface area contributed by atoms with Gasteiger partial charge >= 0.3 is 0 Å². The highest BCUT2D eigenvalue weighted by molar-refractivity contribution is 5.84. The molecule has 1 unspecified atom stereocenters. The third-order valence-corrected chi connectivity index (χ3v) is 6.70. The second kappa shape index (κ2) is 7.02. The minimum atomic E-state index is 0.0333. The number of aromatic nitrogens is 2. The summed E-state index contributed by atoms with van der Waals surface area (Å²) in [5, 5.41) is 4.57. The van der Waals surface area contributed by atoms with Crippen LogP contribution in [0.15, 0.2) is 10.9 Å². The van der Waals surface area contributed by atoms with Gasteiger partial charge in [0.05, 0.1) is 18.3 Å². The quantitative estimate of drug-likeness (QED) is 0.735. The van der Waals surface area contributed by atoms with Crippen LogP contribution in [0.4, 0.5) is 0 Å². The molecule has 0 bridgehead atoms. The normalized spacial score (nSPS) is 26.7. The van der Waals surface area contributed by atoms with E-state index >= 15 is 0 Å². The Morgan fingerprint density at radius 3 is 2.56 bits per heavy atom. The number of nitrogens with zero attached hydrogens (tertiary/aromatic N) is 5. The first-order valence-corrected chi connectivity index (χ1v) is 10.6. The summed E-state index contributed by atoms with van der Waals surface area (Å²) >= 11 is 0. The van der Waals surface area contributed by atoms with Gasteiger partial charge in [0, 0.05) is 51.4 Å². The predicted octanol–water partition coefficient (Wildman–Crippen LogP) is 0.113. The number of carbonyl (C=O) groups excluding carboxylic acids is 1. The van der Waals surface area contributed by atoms with E-state index in [1.54, 1.807) is 10.7 Å². The summed E-state index contributed by atoms with van der Waals surface area (Å²) in [6.07, 6.45) is 6.50. The molecular formula is C20H29N5O2. The maximum Gasteiger partial charge on any atom is 0.267 e. The fourth-order valence-corrected chi connectivity index (χ4v) is 4.91. The Morgan fingerprint density at radius 2 is 1.78 bits per heavy atom. The van der Waals surface area contributed by atoms with Crippen LogP contribution in [0.25, 0.3) is 0 Å². The Bertz CT molecular complexity index is 779. The minimum Gasteiger partial charge on any atom is -0.338 e. The first-order valence-electron chi connectivity index (χ1n) is 10.6. The zero-order valence-corrected chi connectivity index (χ0v) is 16.0. The SMILES string of the molecule is O=C1C(N2CCN(CCn3nc4c(cc3=O)CCC4)CC2)CCN1C1CC1. The van der Waals surface area contributed by atoms with Crippen LogP contribution in [0, 0.1) is 0 Å². The van der Waals surface area contributed by atoms with Gasteiger partial charge in [-0.2, -0.15) is 5.10 Å². The highest BCUT2D eigenvalue weighted by Gasteiger charge is 2.43. The van der Waals surface area contributed by atoms with Crippen LogP contribution in [0.1, 0.15) is 36.9 Å². The Morgan fingerprint density at radius 1 is 0.963 bits per heavy atom. The standard InChI is InChI=1S/C20H29N5O2/c26-19-14-15-2-1-3-17(15)21-25(19)13-10-22-8-11-23(12-9-22)18-6-7-24(20(18)27)16-4-5-16/h14,16,18H,1-13H2. The smallest absolute Gasteiger partial charge is 0.267 e. The average molecular weight is 371 g/mol. The van der Waals surface area contributed by atoms with E-state index in [0.29, 0.717) is 18.5 Å². The molecule has 1 saturated carbocycles. The molecule has 2 aliphatic heterocycles. The highest BCUT2D eigenvalue weighted by atomic mass is 16.2. The van der Waals surface area contributed by atoms with Crippen LogP contribution in [0.5, 0.6) is 0 Å². The lowest BCUT2D eigenvalue weighted by Crippen LogP contribution is -2.53. The van der Waals surface area contributed by atoms with Crippen LogP contribution < -0.4 is 5.56 Å². The van der Waals surface area contributed by atoms with E-state index < -0.39 is 0 Å². The van der Waals surface area contributed by atoms with Crippen LogP contribution in [-0.2, 0) is 24.2 Å². The van der Waals surface area contributed by atoms with Crippen LogP contribution >= 0.6 is 0 Å². The van der Waals surface area contributed by atoms with Gasteiger partial charge in [0.15, 0.2) is 0 Å². The van der Waals surface area contributed by atoms with Crippen LogP contribution in [0.2, 0.25) is 0 Å². The highest BCUT2D eigenvalue weighted by Crippen LogP contribution is 2.32. The van der Waals surface area contributed by atoms with Crippen molar-refractivity contribution < 1.29 is 4.79 Å². The van der Waals surface area contributed by atoms with Gasteiger partial charge < -0.3 is 4.90 Å². The summed E-state index contributed by atoms with van der Waals surface area (Å²) in [5.41, 5.74) is 2.29. The van der Waals surface area contributed by atoms with Gasteiger partial charge in [-0.3, -0.25) is 19.4 Å². The second-order valence-electron chi connectivity index (χ2n) is 8.48. The topological polar surface area (TPSA) is 61.7 Å². The number of rotatable bonds is 5. The van der Waals surface area contributed by atoms with E-state index in [0.717, 1.165) is 76.2 Å². The summed E-state index contributed by atoms with van der Waals surface area (Å²) in [4.78, 5) is 31.8. The zero-order valence-electron chi connectivity index (χ0n) is 16.0. The number of hydrogen-bond donors (Lipinski definition) is 0. The van der Waals surface area contributed by atoms with Crippen molar-refractivity contribution in [3.05, 3.63) is 27.7 Å². The fourth-order valence-electron chi connectivity index (χ4n) is 4.91. The maximum absolute atomic E-state index is 12.6. The number of fused-ring (bicyclic) bond motifs is 1. The molecule has 3 heterocycles. The second-order valence-corrected chi connectivity index (χ2v) is 8.48. The third kappa shape index (κ3) is 3.43. The molecule has 7 heteroatoms. The maximum atomic E-state index is 12.6. The van der Waals surface area contributed by atoms with Crippen molar-refractivity contribution in [2.24, 2.45) is 0 Å². The number of hydrogen-bond acceptors (Lipinski definition) is 5. The largest absolute Gasteiger partial charge is 0.338 e. The number of aryl methyl sites for hydroxylation is 2. The van der Waals surface area contributed by atoms with E-state index in [-0.39, 0.29) is 11.6 Å². The molecule has 2 aliphatic carbocycles. The summed E-state index contributed by atoms with van der Waals surface area (Å²) < 4.78 is 1.64. The van der Waals surface area contributed by atoms with Gasteiger partial charge in [-0.1, -0.05) is 0 Å². The molecular weight excluding hydrogens is 342 g/mol. The molecule has 4 aliphatic rings. The van der Waals surface area contributed by atoms with Gasteiger partial charge in [-0.05, 0) is 44.1 Å². The van der Waals surface area contributed by atoms with Crippen molar-refractivity contribution in [2.45, 2.75) is 57.2 Å². The minimum absolute atomic E-state index is 0.0333. The lowest BCUT2D eigenvalue weighted by atomic mass is 10.2. The van der Waals surface area contributed by atoms with Crippen LogP contribution in [-0.4, -0.2) is 81.7 Å². The number of piperazine rings is 1. The molecule has 1 amide bonds. The number of carbonyl (C=O) groups is 1. The van der Waals surface area contributed by atoms with Crippen molar-refractivity contribution >= 4 is 5.91 Å². The van der Waals surface area contributed by atoms with E-state index in [9.17, 15) is 9.59 Å². The van der Waals surface area contributed by atoms with Crippen molar-refractivity contribution in [1.29, 1.82) is 0 Å². The molecule has 0 N–H and O–H groups in total. The molecule has 27 heavy (non-hydrogen) atoms. The van der Waals surface area contributed by atoms with Crippen LogP contribution in [0.3, 0.4) is 0 Å². The summed E-state index contributed by atoms with van der Waals surface area (Å²) in [6.45, 7) is 6.28. The zero-order chi connectivity index (χ0) is 18.4. The van der Waals surface area contributed by atoms with Crippen molar-refractivity contribution in [1.82, 2.24) is 24.5 Å². The molecule has 146 valence electrons. The van der Waals surface area contributed by atoms with Gasteiger partial charge in [0.25, 0.3) is 5.56 Å². The Balaban J connectivity index is 1.13. The molecule has 1 atom stereocenters. The third-order valence-electron chi connectivity index (χ3n) is 6.70. The monoisotopic (exact) mass is 371 g/mol. The fraction of sp³-hybridized carbons (Fsp3) is 0.750. The Kier molecular flexibility index (Phi) is 4.52. The van der Waals surface area contributed by atoms with E-state index in [1.807, 2.05) is 0 Å². The van der Waals surface area contributed by atoms with E-state index in [4.69, 9.17) is 0 Å². The molecule has 5 rings (SSSR count). The molecule has 0 radical (unpaired) electrons. The first-order chi connectivity index (χ1) is 13.2. The molecule has 1 aromatic heterocycles. The number of amides is 1. The van der Waals surface area contributed by atoms with E-state index in [1.165, 1.54) is 12.8 Å². The Hall–Kier alpha value is -1.73. The number of likely N-dealkylation sites (tertiary alicyclic amines) is 1. The Labute approximate surface area is 159 Å². The molecule has 3 fully saturated rings. The molecule has 2 saturated heterocycles. The van der Waals surface area contributed by atoms with Gasteiger partial charge in [0.1, 0.15) is 0 Å². The van der Waals surface area contributed by atoms with Crippen molar-refractivity contribution in [3.8, 4) is 0 Å². The predicted molar refractivity (Wildman–Crippen MR) is 102 cm³/mol. The summed E-state index contributed by atoms with van der Waals surface area (Å²) in [7, 11) is 0. The molecule has 1 aromatic rings. The summed E-state index contributed by atoms with van der Waals surface area (Å²) in [6, 6.07) is 2.43. The van der Waals surface area contributed by atoms with Gasteiger partial charge in [0.2, 0.25) is 5.91 Å². The first kappa shape index (κ1) is 17.4. The molecule has 0 aromatic carbocycles. The van der Waals surface area contributed by atoms with Gasteiger partial charge in [-0.15, -0.1) is 0 Å². The van der Waals surface area contributed by atoms with Crippen molar-refractivity contribution in [2.75, 3.05) is 39.3 Å². The van der Waals surface area contributed by atoms with Crippen molar-refractivity contribution in [3.63, 3.8) is 0 Å². The lowest BCUT2D eigenvalue weighted by Gasteiger charge is -2.37. The summed E-state index contributed by atoms with van der Waals surface area (Å²) in [5.74, 6) is 0.361. The molecule has 7 nitrogen and oxygen atoms in total.